The molecule has 3 rings (SSSR count). The topological polar surface area (TPSA) is 88.1 Å². The van der Waals surface area contributed by atoms with Crippen molar-refractivity contribution in [3.63, 3.8) is 0 Å². The fourth-order valence-electron chi connectivity index (χ4n) is 3.16. The molecule has 0 aliphatic carbocycles. The number of nitrogens with one attached hydrogen (secondary N) is 1. The van der Waals surface area contributed by atoms with E-state index in [0.717, 1.165) is 9.87 Å². The number of hydrazone groups is 1. The second-order valence-electron chi connectivity index (χ2n) is 7.33. The molecule has 1 N–H and O–H groups in total. The number of aryl methyl sites for hydroxylation is 1. The summed E-state index contributed by atoms with van der Waals surface area (Å²) in [6.07, 6.45) is 1.34. The van der Waals surface area contributed by atoms with Crippen molar-refractivity contribution in [1.29, 1.82) is 0 Å². The lowest BCUT2D eigenvalue weighted by Gasteiger charge is -2.22. The van der Waals surface area contributed by atoms with E-state index in [1.165, 1.54) is 25.5 Å². The van der Waals surface area contributed by atoms with Crippen molar-refractivity contribution in [3.05, 3.63) is 93.5 Å². The molecule has 0 bridgehead atoms. The summed E-state index contributed by atoms with van der Waals surface area (Å²) >= 11 is 12.1. The minimum atomic E-state index is -4.00. The lowest BCUT2D eigenvalue weighted by atomic mass is 10.2. The van der Waals surface area contributed by atoms with Crippen molar-refractivity contribution in [1.82, 2.24) is 9.73 Å². The van der Waals surface area contributed by atoms with Gasteiger partial charge in [0.15, 0.2) is 0 Å². The Bertz CT molecular complexity index is 1300. The van der Waals surface area contributed by atoms with E-state index >= 15 is 0 Å². The van der Waals surface area contributed by atoms with E-state index in [4.69, 9.17) is 27.9 Å². The molecule has 0 atom stereocenters. The van der Waals surface area contributed by atoms with Gasteiger partial charge in [0.25, 0.3) is 5.91 Å². The third kappa shape index (κ3) is 6.36. The summed E-state index contributed by atoms with van der Waals surface area (Å²) in [7, 11) is -2.49. The van der Waals surface area contributed by atoms with Gasteiger partial charge in [0.05, 0.1) is 34.8 Å². The Balaban J connectivity index is 1.82. The summed E-state index contributed by atoms with van der Waals surface area (Å²) in [5, 5.41) is 4.54. The summed E-state index contributed by atoms with van der Waals surface area (Å²) in [5.41, 5.74) is 4.26. The summed E-state index contributed by atoms with van der Waals surface area (Å²) in [4.78, 5) is 12.7. The highest BCUT2D eigenvalue weighted by atomic mass is 35.5. The molecule has 0 unspecified atom stereocenters. The first-order chi connectivity index (χ1) is 16.2. The Morgan fingerprint density at radius 2 is 1.82 bits per heavy atom. The molecule has 10 heteroatoms. The van der Waals surface area contributed by atoms with Crippen LogP contribution in [-0.2, 0) is 21.4 Å². The fourth-order valence-corrected chi connectivity index (χ4v) is 4.99. The largest absolute Gasteiger partial charge is 0.496 e. The molecule has 3 aromatic carbocycles. The van der Waals surface area contributed by atoms with Gasteiger partial charge in [0.2, 0.25) is 10.0 Å². The Morgan fingerprint density at radius 3 is 2.50 bits per heavy atom. The van der Waals surface area contributed by atoms with Gasteiger partial charge in [0, 0.05) is 12.1 Å². The van der Waals surface area contributed by atoms with Crippen molar-refractivity contribution < 1.29 is 17.9 Å². The van der Waals surface area contributed by atoms with Gasteiger partial charge in [-0.05, 0) is 42.3 Å². The smallest absolute Gasteiger partial charge is 0.255 e. The molecule has 0 aliphatic rings. The lowest BCUT2D eigenvalue weighted by molar-refractivity contribution is -0.121. The lowest BCUT2D eigenvalue weighted by Crippen LogP contribution is -2.39. The Kier molecular flexibility index (Phi) is 8.68. The van der Waals surface area contributed by atoms with Gasteiger partial charge in [0.1, 0.15) is 5.75 Å². The molecule has 0 saturated carbocycles. The van der Waals surface area contributed by atoms with Crippen molar-refractivity contribution in [2.75, 3.05) is 13.7 Å². The first kappa shape index (κ1) is 25.7. The van der Waals surface area contributed by atoms with Gasteiger partial charge >= 0.3 is 0 Å². The van der Waals surface area contributed by atoms with E-state index in [1.54, 1.807) is 55.5 Å². The molecule has 1 amide bonds. The van der Waals surface area contributed by atoms with Crippen molar-refractivity contribution in [2.45, 2.75) is 18.4 Å². The number of rotatable bonds is 9. The van der Waals surface area contributed by atoms with Gasteiger partial charge in [-0.2, -0.15) is 9.41 Å². The zero-order chi connectivity index (χ0) is 24.7. The molecule has 0 aliphatic heterocycles. The minimum absolute atomic E-state index is 0.00546. The first-order valence-electron chi connectivity index (χ1n) is 10.2. The molecule has 7 nitrogen and oxygen atoms in total. The van der Waals surface area contributed by atoms with Crippen LogP contribution in [0.1, 0.15) is 16.7 Å². The molecule has 0 fully saturated rings. The fraction of sp³-hybridized carbons (Fsp3) is 0.167. The average molecular weight is 520 g/mol. The Labute approximate surface area is 209 Å². The van der Waals surface area contributed by atoms with Crippen LogP contribution in [-0.4, -0.2) is 38.5 Å². The van der Waals surface area contributed by atoms with Gasteiger partial charge < -0.3 is 4.74 Å². The molecular formula is C24H23Cl2N3O4S. The van der Waals surface area contributed by atoms with Crippen molar-refractivity contribution >= 4 is 45.3 Å². The molecule has 34 heavy (non-hydrogen) atoms. The molecule has 0 aromatic heterocycles. The number of ether oxygens (including phenoxy) is 1. The van der Waals surface area contributed by atoms with Crippen LogP contribution in [0.3, 0.4) is 0 Å². The minimum Gasteiger partial charge on any atom is -0.496 e. The number of hydrogen-bond donors (Lipinski definition) is 1. The normalized spacial score (nSPS) is 11.7. The highest BCUT2D eigenvalue weighted by Crippen LogP contribution is 2.25. The summed E-state index contributed by atoms with van der Waals surface area (Å²) in [6, 6.07) is 18.6. The molecule has 0 spiro atoms. The third-order valence-electron chi connectivity index (χ3n) is 4.90. The maximum absolute atomic E-state index is 13.4. The zero-order valence-electron chi connectivity index (χ0n) is 18.5. The number of benzene rings is 3. The summed E-state index contributed by atoms with van der Waals surface area (Å²) < 4.78 is 33.2. The van der Waals surface area contributed by atoms with Crippen LogP contribution in [0.25, 0.3) is 0 Å². The van der Waals surface area contributed by atoms with Crippen molar-refractivity contribution in [2.24, 2.45) is 5.10 Å². The van der Waals surface area contributed by atoms with Crippen LogP contribution in [0, 0.1) is 6.92 Å². The van der Waals surface area contributed by atoms with Crippen molar-refractivity contribution in [3.8, 4) is 5.75 Å². The summed E-state index contributed by atoms with van der Waals surface area (Å²) in [5.74, 6) is -0.0422. The van der Waals surface area contributed by atoms with Crippen LogP contribution in [0.15, 0.2) is 76.7 Å². The first-order valence-corrected chi connectivity index (χ1v) is 12.4. The number of nitrogens with zero attached hydrogens (tertiary/aromatic N) is 2. The number of carbonyl (C=O) groups excluding carboxylic acids is 1. The zero-order valence-corrected chi connectivity index (χ0v) is 20.9. The quantitative estimate of drug-likeness (QED) is 0.329. The number of amides is 1. The second kappa shape index (κ2) is 11.5. The van der Waals surface area contributed by atoms with E-state index in [2.05, 4.69) is 10.5 Å². The van der Waals surface area contributed by atoms with Crippen LogP contribution in [0.2, 0.25) is 10.0 Å². The van der Waals surface area contributed by atoms with E-state index < -0.39 is 22.5 Å². The number of hydrogen-bond acceptors (Lipinski definition) is 5. The maximum Gasteiger partial charge on any atom is 0.255 e. The molecule has 178 valence electrons. The predicted molar refractivity (Wildman–Crippen MR) is 134 cm³/mol. The van der Waals surface area contributed by atoms with Crippen LogP contribution < -0.4 is 10.2 Å². The second-order valence-corrected chi connectivity index (χ2v) is 10.0. The highest BCUT2D eigenvalue weighted by Gasteiger charge is 2.27. The van der Waals surface area contributed by atoms with E-state index in [-0.39, 0.29) is 11.4 Å². The van der Waals surface area contributed by atoms with Gasteiger partial charge in [-0.1, -0.05) is 65.7 Å². The number of halogens is 2. The predicted octanol–water partition coefficient (Wildman–Crippen LogP) is 4.65. The molecule has 0 radical (unpaired) electrons. The van der Waals surface area contributed by atoms with Gasteiger partial charge in [-0.15, -0.1) is 0 Å². The summed E-state index contributed by atoms with van der Waals surface area (Å²) in [6.45, 7) is 1.32. The van der Waals surface area contributed by atoms with Gasteiger partial charge in [-0.25, -0.2) is 13.8 Å². The average Bonchev–Trinajstić information content (AvgIpc) is 2.82. The molecular weight excluding hydrogens is 497 g/mol. The Hall–Kier alpha value is -2.91. The van der Waals surface area contributed by atoms with Crippen LogP contribution >= 0.6 is 23.2 Å². The molecule has 0 heterocycles. The van der Waals surface area contributed by atoms with Crippen LogP contribution in [0.4, 0.5) is 0 Å². The maximum atomic E-state index is 13.4. The highest BCUT2D eigenvalue weighted by molar-refractivity contribution is 7.89. The van der Waals surface area contributed by atoms with E-state index in [9.17, 15) is 13.2 Å². The van der Waals surface area contributed by atoms with E-state index in [0.29, 0.717) is 26.9 Å². The number of methoxy groups -OCH3 is 1. The number of carbonyl (C=O) groups is 1. The van der Waals surface area contributed by atoms with Crippen LogP contribution in [0.5, 0.6) is 5.75 Å². The Morgan fingerprint density at radius 1 is 1.09 bits per heavy atom. The molecule has 0 saturated heterocycles. The standard InChI is InChI=1S/C24H23Cl2N3O4S/c1-17-13-20(11-12-22(17)33-2)34(31,32)29(15-18-7-4-3-5-8-18)16-23(30)28-27-14-19-9-6-10-21(25)24(19)26/h3-14H,15-16H2,1-2H3,(H,28,30)/b27-14+. The SMILES string of the molecule is COc1ccc(S(=O)(=O)N(CC(=O)N/N=C/c2cccc(Cl)c2Cl)Cc2ccccc2)cc1C. The molecule has 3 aromatic rings. The third-order valence-corrected chi connectivity index (χ3v) is 7.52. The number of sulfonamides is 1. The van der Waals surface area contributed by atoms with E-state index in [1.807, 2.05) is 6.07 Å². The monoisotopic (exact) mass is 519 g/mol. The van der Waals surface area contributed by atoms with Gasteiger partial charge in [-0.3, -0.25) is 4.79 Å².